The van der Waals surface area contributed by atoms with Gasteiger partial charge in [-0.1, -0.05) is 30.3 Å². The van der Waals surface area contributed by atoms with Crippen molar-refractivity contribution in [2.24, 2.45) is 0 Å². The summed E-state index contributed by atoms with van der Waals surface area (Å²) in [6.07, 6.45) is 1.55. The number of hydrogen-bond donors (Lipinski definition) is 2. The molecule has 3 aromatic rings. The molecule has 0 aliphatic carbocycles. The maximum absolute atomic E-state index is 12.5. The molecule has 0 unspecified atom stereocenters. The van der Waals surface area contributed by atoms with Crippen LogP contribution in [-0.4, -0.2) is 23.0 Å². The Hall–Kier alpha value is -3.41. The zero-order valence-electron chi connectivity index (χ0n) is 14.0. The Balaban J connectivity index is 1.79. The second-order valence-corrected chi connectivity index (χ2v) is 5.36. The molecule has 2 N–H and O–H groups in total. The molecular weight excluding hydrogens is 316 g/mol. The molecular formula is C19H18N4O2. The highest BCUT2D eigenvalue weighted by Gasteiger charge is 2.12. The quantitative estimate of drug-likeness (QED) is 0.742. The fraction of sp³-hybridized carbons (Fsp3) is 0.105. The average Bonchev–Trinajstić information content (AvgIpc) is 2.64. The molecule has 0 aliphatic heterocycles. The summed E-state index contributed by atoms with van der Waals surface area (Å²) in [4.78, 5) is 20.9. The van der Waals surface area contributed by atoms with E-state index in [-0.39, 0.29) is 11.6 Å². The zero-order valence-corrected chi connectivity index (χ0v) is 14.0. The molecule has 0 atom stereocenters. The van der Waals surface area contributed by atoms with Gasteiger partial charge in [-0.05, 0) is 36.8 Å². The number of aryl methyl sites for hydroxylation is 1. The molecule has 126 valence electrons. The van der Waals surface area contributed by atoms with Crippen molar-refractivity contribution in [2.45, 2.75) is 6.92 Å². The number of aromatic nitrogens is 2. The van der Waals surface area contributed by atoms with Gasteiger partial charge in [0, 0.05) is 11.9 Å². The Labute approximate surface area is 145 Å². The highest BCUT2D eigenvalue weighted by Crippen LogP contribution is 2.23. The summed E-state index contributed by atoms with van der Waals surface area (Å²) in [5, 5.41) is 5.93. The van der Waals surface area contributed by atoms with Gasteiger partial charge in [0.25, 0.3) is 5.91 Å². The summed E-state index contributed by atoms with van der Waals surface area (Å²) in [6, 6.07) is 16.6. The number of hydrogen-bond acceptors (Lipinski definition) is 5. The van der Waals surface area contributed by atoms with Crippen molar-refractivity contribution in [1.29, 1.82) is 0 Å². The van der Waals surface area contributed by atoms with Crippen LogP contribution in [-0.2, 0) is 0 Å². The van der Waals surface area contributed by atoms with Crippen molar-refractivity contribution >= 4 is 23.2 Å². The lowest BCUT2D eigenvalue weighted by Gasteiger charge is -2.11. The molecule has 0 saturated carbocycles. The number of nitrogens with one attached hydrogen (secondary N) is 2. The van der Waals surface area contributed by atoms with E-state index >= 15 is 0 Å². The third-order valence-electron chi connectivity index (χ3n) is 3.63. The van der Waals surface area contributed by atoms with Gasteiger partial charge in [-0.2, -0.15) is 0 Å². The fourth-order valence-electron chi connectivity index (χ4n) is 2.31. The van der Waals surface area contributed by atoms with Crippen molar-refractivity contribution in [3.63, 3.8) is 0 Å². The predicted molar refractivity (Wildman–Crippen MR) is 97.4 cm³/mol. The number of rotatable bonds is 5. The normalized spacial score (nSPS) is 10.2. The Morgan fingerprint density at radius 2 is 1.72 bits per heavy atom. The lowest BCUT2D eigenvalue weighted by Crippen LogP contribution is -2.15. The molecule has 0 bridgehead atoms. The van der Waals surface area contributed by atoms with E-state index in [1.807, 2.05) is 43.3 Å². The van der Waals surface area contributed by atoms with Gasteiger partial charge in [-0.3, -0.25) is 4.79 Å². The summed E-state index contributed by atoms with van der Waals surface area (Å²) < 4.78 is 5.24. The SMILES string of the molecule is COc1ccccc1NC(=O)c1ccnc(Nc2ccccc2C)n1. The van der Waals surface area contributed by atoms with Gasteiger partial charge < -0.3 is 15.4 Å². The maximum atomic E-state index is 12.5. The Morgan fingerprint density at radius 1 is 1.00 bits per heavy atom. The number of nitrogens with zero attached hydrogens (tertiary/aromatic N) is 2. The van der Waals surface area contributed by atoms with Gasteiger partial charge >= 0.3 is 0 Å². The molecule has 6 heteroatoms. The number of para-hydroxylation sites is 3. The molecule has 3 rings (SSSR count). The molecule has 1 heterocycles. The number of benzene rings is 2. The number of carbonyl (C=O) groups excluding carboxylic acids is 1. The van der Waals surface area contributed by atoms with E-state index in [0.29, 0.717) is 17.4 Å². The molecule has 0 saturated heterocycles. The first-order chi connectivity index (χ1) is 12.2. The standard InChI is InChI=1S/C19H18N4O2/c1-13-7-3-4-8-14(13)22-19-20-12-11-16(23-19)18(24)21-15-9-5-6-10-17(15)25-2/h3-12H,1-2H3,(H,21,24)(H,20,22,23). The van der Waals surface area contributed by atoms with Gasteiger partial charge in [0.15, 0.2) is 0 Å². The summed E-state index contributed by atoms with van der Waals surface area (Å²) in [5.41, 5.74) is 2.80. The van der Waals surface area contributed by atoms with Crippen LogP contribution in [0.1, 0.15) is 16.1 Å². The Morgan fingerprint density at radius 3 is 2.48 bits per heavy atom. The number of carbonyl (C=O) groups is 1. The van der Waals surface area contributed by atoms with Crippen LogP contribution in [0.25, 0.3) is 0 Å². The van der Waals surface area contributed by atoms with Crippen LogP contribution in [0.2, 0.25) is 0 Å². The second-order valence-electron chi connectivity index (χ2n) is 5.36. The predicted octanol–water partition coefficient (Wildman–Crippen LogP) is 3.79. The highest BCUT2D eigenvalue weighted by molar-refractivity contribution is 6.03. The number of methoxy groups -OCH3 is 1. The largest absolute Gasteiger partial charge is 0.495 e. The van der Waals surface area contributed by atoms with Gasteiger partial charge in [0.2, 0.25) is 5.95 Å². The van der Waals surface area contributed by atoms with Gasteiger partial charge in [-0.25, -0.2) is 9.97 Å². The van der Waals surface area contributed by atoms with E-state index in [1.54, 1.807) is 31.5 Å². The second kappa shape index (κ2) is 7.44. The lowest BCUT2D eigenvalue weighted by atomic mass is 10.2. The number of amides is 1. The third kappa shape index (κ3) is 3.92. The molecule has 0 spiro atoms. The monoisotopic (exact) mass is 334 g/mol. The van der Waals surface area contributed by atoms with Crippen LogP contribution in [0.5, 0.6) is 5.75 Å². The van der Waals surface area contributed by atoms with E-state index in [0.717, 1.165) is 11.3 Å². The van der Waals surface area contributed by atoms with Crippen molar-refractivity contribution in [1.82, 2.24) is 9.97 Å². The van der Waals surface area contributed by atoms with Gasteiger partial charge in [0.05, 0.1) is 12.8 Å². The number of ether oxygens (including phenoxy) is 1. The Bertz CT molecular complexity index is 896. The first-order valence-corrected chi connectivity index (χ1v) is 7.77. The number of anilines is 3. The summed E-state index contributed by atoms with van der Waals surface area (Å²) in [6.45, 7) is 1.99. The molecule has 1 aromatic heterocycles. The third-order valence-corrected chi connectivity index (χ3v) is 3.63. The minimum atomic E-state index is -0.334. The first kappa shape index (κ1) is 16.4. The average molecular weight is 334 g/mol. The fourth-order valence-corrected chi connectivity index (χ4v) is 2.31. The smallest absolute Gasteiger partial charge is 0.274 e. The van der Waals surface area contributed by atoms with E-state index in [2.05, 4.69) is 20.6 Å². The van der Waals surface area contributed by atoms with Crippen LogP contribution in [0, 0.1) is 6.92 Å². The Kier molecular flexibility index (Phi) is 4.89. The van der Waals surface area contributed by atoms with Gasteiger partial charge in [0.1, 0.15) is 11.4 Å². The summed E-state index contributed by atoms with van der Waals surface area (Å²) in [5.74, 6) is 0.616. The van der Waals surface area contributed by atoms with E-state index < -0.39 is 0 Å². The summed E-state index contributed by atoms with van der Waals surface area (Å²) in [7, 11) is 1.56. The van der Waals surface area contributed by atoms with Crippen molar-refractivity contribution in [2.75, 3.05) is 17.7 Å². The molecule has 0 aliphatic rings. The molecule has 2 aromatic carbocycles. The molecule has 25 heavy (non-hydrogen) atoms. The first-order valence-electron chi connectivity index (χ1n) is 7.77. The van der Waals surface area contributed by atoms with E-state index in [4.69, 9.17) is 4.74 Å². The molecule has 6 nitrogen and oxygen atoms in total. The van der Waals surface area contributed by atoms with E-state index in [9.17, 15) is 4.79 Å². The van der Waals surface area contributed by atoms with Gasteiger partial charge in [-0.15, -0.1) is 0 Å². The topological polar surface area (TPSA) is 76.1 Å². The van der Waals surface area contributed by atoms with E-state index in [1.165, 1.54) is 0 Å². The minimum absolute atomic E-state index is 0.261. The van der Waals surface area contributed by atoms with Crippen LogP contribution in [0.15, 0.2) is 60.8 Å². The van der Waals surface area contributed by atoms with Crippen LogP contribution < -0.4 is 15.4 Å². The van der Waals surface area contributed by atoms with Crippen molar-refractivity contribution in [3.05, 3.63) is 72.1 Å². The van der Waals surface area contributed by atoms with Crippen molar-refractivity contribution in [3.8, 4) is 5.75 Å². The van der Waals surface area contributed by atoms with Crippen molar-refractivity contribution < 1.29 is 9.53 Å². The summed E-state index contributed by atoms with van der Waals surface area (Å²) >= 11 is 0. The molecule has 0 radical (unpaired) electrons. The lowest BCUT2D eigenvalue weighted by molar-refractivity contribution is 0.102. The van der Waals surface area contributed by atoms with Crippen LogP contribution >= 0.6 is 0 Å². The van der Waals surface area contributed by atoms with Crippen LogP contribution in [0.4, 0.5) is 17.3 Å². The molecule has 0 fully saturated rings. The maximum Gasteiger partial charge on any atom is 0.274 e. The highest BCUT2D eigenvalue weighted by atomic mass is 16.5. The minimum Gasteiger partial charge on any atom is -0.495 e. The molecule has 1 amide bonds. The van der Waals surface area contributed by atoms with Crippen LogP contribution in [0.3, 0.4) is 0 Å². The zero-order chi connectivity index (χ0) is 17.6.